The largest absolute Gasteiger partial charge is 0.463 e. The van der Waals surface area contributed by atoms with Gasteiger partial charge in [0.1, 0.15) is 5.69 Å². The lowest BCUT2D eigenvalue weighted by Crippen LogP contribution is -2.50. The first-order chi connectivity index (χ1) is 13.8. The van der Waals surface area contributed by atoms with Crippen molar-refractivity contribution in [3.63, 3.8) is 0 Å². The molecule has 0 saturated carbocycles. The number of benzene rings is 1. The number of sulfonamides is 1. The molecule has 10 heteroatoms. The molecule has 0 atom stereocenters. The molecule has 1 saturated heterocycles. The van der Waals surface area contributed by atoms with Gasteiger partial charge >= 0.3 is 0 Å². The van der Waals surface area contributed by atoms with Crippen LogP contribution in [0.2, 0.25) is 5.02 Å². The summed E-state index contributed by atoms with van der Waals surface area (Å²) >= 11 is 5.98. The minimum Gasteiger partial charge on any atom is -0.463 e. The maximum absolute atomic E-state index is 13.0. The molecule has 2 aromatic heterocycles. The molecule has 1 amide bonds. The highest BCUT2D eigenvalue weighted by Crippen LogP contribution is 2.26. The number of amides is 1. The fraction of sp³-hybridized carbons (Fsp3) is 0.263. The second kappa shape index (κ2) is 7.66. The molecule has 3 heterocycles. The van der Waals surface area contributed by atoms with Gasteiger partial charge in [-0.1, -0.05) is 11.6 Å². The van der Waals surface area contributed by atoms with Crippen LogP contribution in [-0.4, -0.2) is 65.7 Å². The standard InChI is InChI=1S/C19H19ClN4O4S/c1-29(26,27)23-10-8-22(9-11-23)19(25)16-13-17(18-3-2-12-28-18)24(21-16)15-6-4-14(20)5-7-15/h2-7,12-13H,8-11H2,1H3. The molecule has 8 nitrogen and oxygen atoms in total. The van der Waals surface area contributed by atoms with E-state index in [1.165, 1.54) is 10.6 Å². The molecule has 1 fully saturated rings. The number of aromatic nitrogens is 2. The van der Waals surface area contributed by atoms with Gasteiger partial charge in [0.2, 0.25) is 10.0 Å². The molecule has 0 spiro atoms. The molecular formula is C19H19ClN4O4S. The Morgan fingerprint density at radius 2 is 1.79 bits per heavy atom. The van der Waals surface area contributed by atoms with Gasteiger partial charge in [0.25, 0.3) is 5.91 Å². The summed E-state index contributed by atoms with van der Waals surface area (Å²) in [5.41, 5.74) is 1.64. The van der Waals surface area contributed by atoms with Crippen LogP contribution in [0, 0.1) is 0 Å². The predicted molar refractivity (Wildman–Crippen MR) is 109 cm³/mol. The highest BCUT2D eigenvalue weighted by Gasteiger charge is 2.28. The van der Waals surface area contributed by atoms with Crippen molar-refractivity contribution < 1.29 is 17.6 Å². The quantitative estimate of drug-likeness (QED) is 0.629. The second-order valence-electron chi connectivity index (χ2n) is 6.73. The number of furan rings is 1. The normalized spacial score (nSPS) is 15.6. The zero-order valence-electron chi connectivity index (χ0n) is 15.7. The van der Waals surface area contributed by atoms with Crippen LogP contribution in [0.4, 0.5) is 0 Å². The molecule has 0 N–H and O–H groups in total. The zero-order chi connectivity index (χ0) is 20.6. The summed E-state index contributed by atoms with van der Waals surface area (Å²) in [6.07, 6.45) is 2.73. The van der Waals surface area contributed by atoms with E-state index >= 15 is 0 Å². The molecule has 0 unspecified atom stereocenters. The van der Waals surface area contributed by atoms with Gasteiger partial charge in [-0.3, -0.25) is 4.79 Å². The lowest BCUT2D eigenvalue weighted by Gasteiger charge is -2.32. The van der Waals surface area contributed by atoms with E-state index in [9.17, 15) is 13.2 Å². The highest BCUT2D eigenvalue weighted by atomic mass is 35.5. The van der Waals surface area contributed by atoms with Gasteiger partial charge < -0.3 is 9.32 Å². The Balaban J connectivity index is 1.64. The van der Waals surface area contributed by atoms with Crippen LogP contribution in [-0.2, 0) is 10.0 Å². The SMILES string of the molecule is CS(=O)(=O)N1CCN(C(=O)c2cc(-c3ccco3)n(-c3ccc(Cl)cc3)n2)CC1. The van der Waals surface area contributed by atoms with E-state index in [1.807, 2.05) is 0 Å². The van der Waals surface area contributed by atoms with Gasteiger partial charge in [-0.15, -0.1) is 0 Å². The topological polar surface area (TPSA) is 88.7 Å². The molecule has 4 rings (SSSR count). The number of piperazine rings is 1. The Labute approximate surface area is 173 Å². The number of rotatable bonds is 4. The van der Waals surface area contributed by atoms with Crippen LogP contribution in [0.25, 0.3) is 17.1 Å². The number of carbonyl (C=O) groups excluding carboxylic acids is 1. The van der Waals surface area contributed by atoms with Crippen LogP contribution in [0.3, 0.4) is 0 Å². The zero-order valence-corrected chi connectivity index (χ0v) is 17.2. The van der Waals surface area contributed by atoms with Gasteiger partial charge in [0.05, 0.1) is 18.2 Å². The third kappa shape index (κ3) is 4.07. The third-order valence-electron chi connectivity index (χ3n) is 4.77. The Morgan fingerprint density at radius 1 is 1.10 bits per heavy atom. The number of hydrogen-bond donors (Lipinski definition) is 0. The maximum Gasteiger partial charge on any atom is 0.274 e. The fourth-order valence-electron chi connectivity index (χ4n) is 3.25. The van der Waals surface area contributed by atoms with Crippen molar-refractivity contribution in [2.75, 3.05) is 32.4 Å². The summed E-state index contributed by atoms with van der Waals surface area (Å²) in [6.45, 7) is 1.17. The molecule has 0 aliphatic carbocycles. The number of nitrogens with zero attached hydrogens (tertiary/aromatic N) is 4. The van der Waals surface area contributed by atoms with E-state index in [0.29, 0.717) is 29.6 Å². The predicted octanol–water partition coefficient (Wildman–Crippen LogP) is 2.50. The molecule has 0 bridgehead atoms. The minimum absolute atomic E-state index is 0.251. The van der Waals surface area contributed by atoms with Crippen molar-refractivity contribution in [1.82, 2.24) is 19.0 Å². The second-order valence-corrected chi connectivity index (χ2v) is 9.15. The summed E-state index contributed by atoms with van der Waals surface area (Å²) in [6, 6.07) is 12.3. The molecule has 1 aliphatic heterocycles. The summed E-state index contributed by atoms with van der Waals surface area (Å²) in [4.78, 5) is 14.6. The summed E-state index contributed by atoms with van der Waals surface area (Å²) in [5, 5.41) is 5.10. The highest BCUT2D eigenvalue weighted by molar-refractivity contribution is 7.88. The van der Waals surface area contributed by atoms with Crippen molar-refractivity contribution in [3.05, 3.63) is 59.4 Å². The van der Waals surface area contributed by atoms with Crippen LogP contribution >= 0.6 is 11.6 Å². The average molecular weight is 435 g/mol. The van der Waals surface area contributed by atoms with E-state index in [4.69, 9.17) is 16.0 Å². The van der Waals surface area contributed by atoms with Gasteiger partial charge in [-0.2, -0.15) is 9.40 Å². The average Bonchev–Trinajstić information content (AvgIpc) is 3.37. The van der Waals surface area contributed by atoms with Crippen molar-refractivity contribution in [2.24, 2.45) is 0 Å². The van der Waals surface area contributed by atoms with Gasteiger partial charge in [-0.05, 0) is 36.4 Å². The number of hydrogen-bond acceptors (Lipinski definition) is 5. The van der Waals surface area contributed by atoms with Crippen molar-refractivity contribution in [3.8, 4) is 17.1 Å². The first-order valence-electron chi connectivity index (χ1n) is 8.97. The third-order valence-corrected chi connectivity index (χ3v) is 6.32. The summed E-state index contributed by atoms with van der Waals surface area (Å²) < 4.78 is 31.9. The summed E-state index contributed by atoms with van der Waals surface area (Å²) in [7, 11) is -3.26. The Morgan fingerprint density at radius 3 is 2.38 bits per heavy atom. The molecule has 152 valence electrons. The van der Waals surface area contributed by atoms with Crippen molar-refractivity contribution in [2.45, 2.75) is 0 Å². The lowest BCUT2D eigenvalue weighted by atomic mass is 10.2. The van der Waals surface area contributed by atoms with Crippen molar-refractivity contribution >= 4 is 27.5 Å². The van der Waals surface area contributed by atoms with Gasteiger partial charge in [0.15, 0.2) is 11.5 Å². The molecular weight excluding hydrogens is 416 g/mol. The van der Waals surface area contributed by atoms with Crippen molar-refractivity contribution in [1.29, 1.82) is 0 Å². The maximum atomic E-state index is 13.0. The van der Waals surface area contributed by atoms with E-state index in [1.54, 1.807) is 58.3 Å². The van der Waals surface area contributed by atoms with E-state index in [0.717, 1.165) is 5.69 Å². The van der Waals surface area contributed by atoms with Gasteiger partial charge in [-0.25, -0.2) is 13.1 Å². The lowest BCUT2D eigenvalue weighted by molar-refractivity contribution is 0.0692. The smallest absolute Gasteiger partial charge is 0.274 e. The molecule has 0 radical (unpaired) electrons. The monoisotopic (exact) mass is 434 g/mol. The van der Waals surface area contributed by atoms with Crippen LogP contribution in [0.15, 0.2) is 53.1 Å². The van der Waals surface area contributed by atoms with Gasteiger partial charge in [0, 0.05) is 37.3 Å². The fourth-order valence-corrected chi connectivity index (χ4v) is 4.20. The van der Waals surface area contributed by atoms with E-state index < -0.39 is 10.0 Å². The molecule has 1 aliphatic rings. The Bertz CT molecular complexity index is 1120. The van der Waals surface area contributed by atoms with Crippen LogP contribution in [0.5, 0.6) is 0 Å². The molecule has 1 aromatic carbocycles. The summed E-state index contributed by atoms with van der Waals surface area (Å²) in [5.74, 6) is 0.326. The minimum atomic E-state index is -3.26. The first kappa shape index (κ1) is 19.7. The number of carbonyl (C=O) groups is 1. The van der Waals surface area contributed by atoms with E-state index in [2.05, 4.69) is 5.10 Å². The van der Waals surface area contributed by atoms with Crippen LogP contribution < -0.4 is 0 Å². The number of halogens is 1. The Kier molecular flexibility index (Phi) is 5.20. The Hall–Kier alpha value is -2.62. The molecule has 3 aromatic rings. The van der Waals surface area contributed by atoms with E-state index in [-0.39, 0.29) is 24.7 Å². The van der Waals surface area contributed by atoms with Crippen LogP contribution in [0.1, 0.15) is 10.5 Å². The molecule has 29 heavy (non-hydrogen) atoms. The first-order valence-corrected chi connectivity index (χ1v) is 11.2.